The van der Waals surface area contributed by atoms with Crippen LogP contribution in [0.4, 0.5) is 0 Å². The van der Waals surface area contributed by atoms with E-state index in [1.54, 1.807) is 7.05 Å². The molecule has 0 saturated heterocycles. The van der Waals surface area contributed by atoms with E-state index in [1.807, 2.05) is 0 Å². The number of amides is 1. The molecule has 2 unspecified atom stereocenters. The molecular formula is C11H21IN4O. The summed E-state index contributed by atoms with van der Waals surface area (Å²) in [6.07, 6.45) is 3.44. The number of carbonyl (C=O) groups excluding carboxylic acids is 1. The van der Waals surface area contributed by atoms with E-state index < -0.39 is 0 Å². The molecule has 3 N–H and O–H groups in total. The van der Waals surface area contributed by atoms with Crippen molar-refractivity contribution in [2.75, 3.05) is 13.6 Å². The van der Waals surface area contributed by atoms with E-state index in [0.717, 1.165) is 24.7 Å². The minimum Gasteiger partial charge on any atom is -0.353 e. The molecule has 2 rings (SSSR count). The summed E-state index contributed by atoms with van der Waals surface area (Å²) in [6.45, 7) is 2.50. The molecule has 1 amide bonds. The van der Waals surface area contributed by atoms with E-state index in [0.29, 0.717) is 18.6 Å². The predicted octanol–water partition coefficient (Wildman–Crippen LogP) is 0.456. The van der Waals surface area contributed by atoms with Crippen LogP contribution in [-0.2, 0) is 4.79 Å². The summed E-state index contributed by atoms with van der Waals surface area (Å²) in [5, 5.41) is 9.22. The van der Waals surface area contributed by atoms with Crippen molar-refractivity contribution < 1.29 is 4.79 Å². The van der Waals surface area contributed by atoms with Crippen LogP contribution in [0.3, 0.4) is 0 Å². The number of halogens is 1. The van der Waals surface area contributed by atoms with Gasteiger partial charge in [0.05, 0.1) is 6.54 Å². The number of nitrogens with zero attached hydrogens (tertiary/aromatic N) is 1. The number of hydrogen-bond donors (Lipinski definition) is 3. The first-order valence-corrected chi connectivity index (χ1v) is 5.95. The van der Waals surface area contributed by atoms with Gasteiger partial charge < -0.3 is 16.0 Å². The van der Waals surface area contributed by atoms with E-state index >= 15 is 0 Å². The Balaban J connectivity index is 0.00000144. The molecule has 2 fully saturated rings. The molecule has 2 aliphatic rings. The molecule has 17 heavy (non-hydrogen) atoms. The average Bonchev–Trinajstić information content (AvgIpc) is 3.14. The average molecular weight is 352 g/mol. The molecule has 2 atom stereocenters. The molecule has 0 aromatic carbocycles. The van der Waals surface area contributed by atoms with Crippen LogP contribution >= 0.6 is 24.0 Å². The fourth-order valence-electron chi connectivity index (χ4n) is 1.56. The Morgan fingerprint density at radius 3 is 2.47 bits per heavy atom. The summed E-state index contributed by atoms with van der Waals surface area (Å²) in [7, 11) is 1.72. The summed E-state index contributed by atoms with van der Waals surface area (Å²) in [5.74, 6) is 1.49. The summed E-state index contributed by atoms with van der Waals surface area (Å²) in [4.78, 5) is 15.5. The molecule has 0 radical (unpaired) electrons. The van der Waals surface area contributed by atoms with Crippen molar-refractivity contribution in [2.45, 2.75) is 38.3 Å². The van der Waals surface area contributed by atoms with Gasteiger partial charge in [-0.1, -0.05) is 6.92 Å². The van der Waals surface area contributed by atoms with Gasteiger partial charge in [-0.25, -0.2) is 0 Å². The van der Waals surface area contributed by atoms with Crippen LogP contribution < -0.4 is 16.0 Å². The van der Waals surface area contributed by atoms with Crippen molar-refractivity contribution in [3.63, 3.8) is 0 Å². The van der Waals surface area contributed by atoms with Gasteiger partial charge in [0, 0.05) is 19.1 Å². The van der Waals surface area contributed by atoms with Crippen LogP contribution in [0.1, 0.15) is 26.2 Å². The van der Waals surface area contributed by atoms with E-state index in [-0.39, 0.29) is 29.9 Å². The Morgan fingerprint density at radius 1 is 1.35 bits per heavy atom. The largest absolute Gasteiger partial charge is 0.353 e. The Morgan fingerprint density at radius 2 is 2.00 bits per heavy atom. The Hall–Kier alpha value is -0.530. The highest BCUT2D eigenvalue weighted by atomic mass is 127. The second kappa shape index (κ2) is 6.42. The maximum atomic E-state index is 11.4. The fourth-order valence-corrected chi connectivity index (χ4v) is 1.56. The number of nitrogens with one attached hydrogen (secondary N) is 3. The third-order valence-electron chi connectivity index (χ3n) is 3.01. The van der Waals surface area contributed by atoms with Crippen LogP contribution in [0.5, 0.6) is 0 Å². The number of aliphatic imine (C=N–C) groups is 1. The molecule has 0 aliphatic heterocycles. The van der Waals surface area contributed by atoms with E-state index in [4.69, 9.17) is 0 Å². The Labute approximate surface area is 119 Å². The molecule has 0 spiro atoms. The minimum absolute atomic E-state index is 0. The van der Waals surface area contributed by atoms with Gasteiger partial charge >= 0.3 is 0 Å². The Kier molecular flexibility index (Phi) is 5.48. The maximum Gasteiger partial charge on any atom is 0.239 e. The molecule has 0 aromatic rings. The van der Waals surface area contributed by atoms with Crippen molar-refractivity contribution in [1.82, 2.24) is 16.0 Å². The van der Waals surface area contributed by atoms with Crippen LogP contribution in [0, 0.1) is 5.92 Å². The molecule has 0 aromatic heterocycles. The van der Waals surface area contributed by atoms with E-state index in [9.17, 15) is 4.79 Å². The van der Waals surface area contributed by atoms with E-state index in [2.05, 4.69) is 27.9 Å². The zero-order valence-electron chi connectivity index (χ0n) is 10.3. The number of rotatable bonds is 4. The third-order valence-corrected chi connectivity index (χ3v) is 3.01. The van der Waals surface area contributed by atoms with Gasteiger partial charge in [0.15, 0.2) is 5.96 Å². The smallest absolute Gasteiger partial charge is 0.239 e. The first-order chi connectivity index (χ1) is 7.69. The highest BCUT2D eigenvalue weighted by molar-refractivity contribution is 14.0. The molecule has 2 saturated carbocycles. The minimum atomic E-state index is 0. The summed E-state index contributed by atoms with van der Waals surface area (Å²) in [6, 6.07) is 0.949. The maximum absolute atomic E-state index is 11.4. The molecule has 6 heteroatoms. The first kappa shape index (κ1) is 14.5. The van der Waals surface area contributed by atoms with Gasteiger partial charge in [-0.3, -0.25) is 9.79 Å². The fraction of sp³-hybridized carbons (Fsp3) is 0.818. The number of guanidine groups is 1. The van der Waals surface area contributed by atoms with Crippen molar-refractivity contribution in [3.8, 4) is 0 Å². The zero-order valence-corrected chi connectivity index (χ0v) is 12.7. The SMILES string of the molecule is CN=C(NCC(=O)NC1CC1)NC1CC1C.I. The van der Waals surface area contributed by atoms with Crippen LogP contribution in [-0.4, -0.2) is 37.5 Å². The Bertz CT molecular complexity index is 304. The van der Waals surface area contributed by atoms with Crippen molar-refractivity contribution in [1.29, 1.82) is 0 Å². The lowest BCUT2D eigenvalue weighted by Crippen LogP contribution is -2.44. The third kappa shape index (κ3) is 5.10. The van der Waals surface area contributed by atoms with E-state index in [1.165, 1.54) is 6.42 Å². The first-order valence-electron chi connectivity index (χ1n) is 5.95. The van der Waals surface area contributed by atoms with Crippen LogP contribution in [0.25, 0.3) is 0 Å². The summed E-state index contributed by atoms with van der Waals surface area (Å²) < 4.78 is 0. The van der Waals surface area contributed by atoms with Crippen LogP contribution in [0.2, 0.25) is 0 Å². The van der Waals surface area contributed by atoms with Crippen LogP contribution in [0.15, 0.2) is 4.99 Å². The number of hydrogen-bond acceptors (Lipinski definition) is 2. The summed E-state index contributed by atoms with van der Waals surface area (Å²) in [5.41, 5.74) is 0. The molecule has 5 nitrogen and oxygen atoms in total. The van der Waals surface area contributed by atoms with Crippen molar-refractivity contribution in [2.24, 2.45) is 10.9 Å². The number of carbonyl (C=O) groups is 1. The van der Waals surface area contributed by atoms with Gasteiger partial charge in [-0.15, -0.1) is 24.0 Å². The molecule has 2 aliphatic carbocycles. The van der Waals surface area contributed by atoms with Crippen molar-refractivity contribution in [3.05, 3.63) is 0 Å². The second-order valence-electron chi connectivity index (χ2n) is 4.73. The lowest BCUT2D eigenvalue weighted by atomic mass is 10.5. The van der Waals surface area contributed by atoms with Gasteiger partial charge in [0.2, 0.25) is 5.91 Å². The quantitative estimate of drug-likeness (QED) is 0.391. The monoisotopic (exact) mass is 352 g/mol. The lowest BCUT2D eigenvalue weighted by molar-refractivity contribution is -0.120. The standard InChI is InChI=1S/C11H20N4O.HI/c1-7-5-9(7)15-11(12-2)13-6-10(16)14-8-3-4-8;/h7-9H,3-6H2,1-2H3,(H,14,16)(H2,12,13,15);1H. The highest BCUT2D eigenvalue weighted by Gasteiger charge is 2.33. The highest BCUT2D eigenvalue weighted by Crippen LogP contribution is 2.28. The molecule has 0 heterocycles. The summed E-state index contributed by atoms with van der Waals surface area (Å²) >= 11 is 0. The normalized spacial score (nSPS) is 26.8. The lowest BCUT2D eigenvalue weighted by Gasteiger charge is -2.11. The molecule has 0 bridgehead atoms. The van der Waals surface area contributed by atoms with Gasteiger partial charge in [-0.05, 0) is 25.2 Å². The molecule has 98 valence electrons. The molecular weight excluding hydrogens is 331 g/mol. The van der Waals surface area contributed by atoms with Gasteiger partial charge in [0.1, 0.15) is 0 Å². The van der Waals surface area contributed by atoms with Crippen molar-refractivity contribution >= 4 is 35.8 Å². The van der Waals surface area contributed by atoms with Gasteiger partial charge in [-0.2, -0.15) is 0 Å². The zero-order chi connectivity index (χ0) is 11.5. The van der Waals surface area contributed by atoms with Gasteiger partial charge in [0.25, 0.3) is 0 Å². The topological polar surface area (TPSA) is 65.5 Å². The predicted molar refractivity (Wildman–Crippen MR) is 78.6 cm³/mol. The second-order valence-corrected chi connectivity index (χ2v) is 4.73.